The van der Waals surface area contributed by atoms with Gasteiger partial charge in [0.05, 0.1) is 5.69 Å². The number of amides is 1. The molecule has 2 aliphatic rings. The number of hydrogen-bond donors (Lipinski definition) is 1. The first-order valence-electron chi connectivity index (χ1n) is 7.83. The Morgan fingerprint density at radius 2 is 2.25 bits per heavy atom. The second-order valence-electron chi connectivity index (χ2n) is 6.78. The van der Waals surface area contributed by atoms with Gasteiger partial charge in [-0.15, -0.1) is 0 Å². The molecular weight excluding hydrogens is 250 g/mol. The number of aryl methyl sites for hydroxylation is 2. The molecular formula is C16H25N3O. The van der Waals surface area contributed by atoms with Crippen molar-refractivity contribution in [3.05, 3.63) is 17.5 Å². The Labute approximate surface area is 120 Å². The summed E-state index contributed by atoms with van der Waals surface area (Å²) in [5.74, 6) is 2.56. The lowest BCUT2D eigenvalue weighted by molar-refractivity contribution is -0.123. The lowest BCUT2D eigenvalue weighted by Crippen LogP contribution is -2.41. The first kappa shape index (κ1) is 13.7. The van der Waals surface area contributed by atoms with Crippen LogP contribution in [0.15, 0.2) is 6.07 Å². The van der Waals surface area contributed by atoms with Gasteiger partial charge in [0, 0.05) is 11.7 Å². The van der Waals surface area contributed by atoms with Gasteiger partial charge < -0.3 is 5.32 Å². The van der Waals surface area contributed by atoms with Gasteiger partial charge in [-0.2, -0.15) is 5.10 Å². The third-order valence-corrected chi connectivity index (χ3v) is 5.22. The Morgan fingerprint density at radius 1 is 1.45 bits per heavy atom. The third kappa shape index (κ3) is 2.60. The van der Waals surface area contributed by atoms with E-state index in [9.17, 15) is 4.79 Å². The molecule has 110 valence electrons. The number of hydrogen-bond acceptors (Lipinski definition) is 2. The number of rotatable bonds is 4. The maximum atomic E-state index is 12.2. The minimum absolute atomic E-state index is 0.0893. The predicted octanol–water partition coefficient (Wildman–Crippen LogP) is 2.44. The van der Waals surface area contributed by atoms with Crippen LogP contribution in [0.4, 0.5) is 0 Å². The zero-order valence-electron chi connectivity index (χ0n) is 12.7. The molecule has 2 bridgehead atoms. The molecule has 1 aromatic heterocycles. The van der Waals surface area contributed by atoms with Crippen molar-refractivity contribution in [2.24, 2.45) is 17.8 Å². The normalized spacial score (nSPS) is 29.6. The summed E-state index contributed by atoms with van der Waals surface area (Å²) in [6, 6.07) is 2.31. The van der Waals surface area contributed by atoms with Crippen LogP contribution in [0.3, 0.4) is 0 Å². The third-order valence-electron chi connectivity index (χ3n) is 5.22. The minimum atomic E-state index is 0.0893. The van der Waals surface area contributed by atoms with Crippen molar-refractivity contribution < 1.29 is 4.79 Å². The number of aromatic nitrogens is 2. The highest BCUT2D eigenvalue weighted by Gasteiger charge is 2.42. The lowest BCUT2D eigenvalue weighted by Gasteiger charge is -2.28. The summed E-state index contributed by atoms with van der Waals surface area (Å²) in [7, 11) is 0. The van der Waals surface area contributed by atoms with E-state index in [-0.39, 0.29) is 5.91 Å². The van der Waals surface area contributed by atoms with Crippen LogP contribution in [0.2, 0.25) is 0 Å². The highest BCUT2D eigenvalue weighted by Crippen LogP contribution is 2.49. The standard InChI is InChI=1S/C16H25N3O/c1-10-6-11(2)19(18-10)9-16(20)17-12(3)15-8-13-4-5-14(15)7-13/h6,12-15H,4-5,7-9H2,1-3H3,(H,17,20). The molecule has 0 spiro atoms. The number of carbonyl (C=O) groups excluding carboxylic acids is 1. The fourth-order valence-electron chi connectivity index (χ4n) is 4.28. The van der Waals surface area contributed by atoms with Gasteiger partial charge >= 0.3 is 0 Å². The van der Waals surface area contributed by atoms with E-state index in [1.807, 2.05) is 19.9 Å². The molecule has 3 rings (SSSR count). The average Bonchev–Trinajstić information content (AvgIpc) is 3.05. The van der Waals surface area contributed by atoms with Crippen molar-refractivity contribution in [2.75, 3.05) is 0 Å². The summed E-state index contributed by atoms with van der Waals surface area (Å²) in [5, 5.41) is 7.54. The Kier molecular flexibility index (Phi) is 3.57. The minimum Gasteiger partial charge on any atom is -0.352 e. The molecule has 1 N–H and O–H groups in total. The number of nitrogens with one attached hydrogen (secondary N) is 1. The smallest absolute Gasteiger partial charge is 0.241 e. The van der Waals surface area contributed by atoms with E-state index in [0.717, 1.165) is 23.2 Å². The quantitative estimate of drug-likeness (QED) is 0.917. The van der Waals surface area contributed by atoms with Gasteiger partial charge in [-0.3, -0.25) is 9.48 Å². The molecule has 0 aromatic carbocycles. The SMILES string of the molecule is Cc1cc(C)n(CC(=O)NC(C)C2CC3CCC2C3)n1. The van der Waals surface area contributed by atoms with Crippen molar-refractivity contribution in [1.29, 1.82) is 0 Å². The van der Waals surface area contributed by atoms with Crippen molar-refractivity contribution in [2.45, 2.75) is 59.0 Å². The molecule has 0 saturated heterocycles. The summed E-state index contributed by atoms with van der Waals surface area (Å²) in [6.07, 6.45) is 5.48. The number of fused-ring (bicyclic) bond motifs is 2. The Hall–Kier alpha value is -1.32. The van der Waals surface area contributed by atoms with Crippen LogP contribution in [-0.2, 0) is 11.3 Å². The van der Waals surface area contributed by atoms with E-state index in [1.54, 1.807) is 4.68 Å². The summed E-state index contributed by atoms with van der Waals surface area (Å²) >= 11 is 0. The van der Waals surface area contributed by atoms with Gasteiger partial charge in [0.25, 0.3) is 0 Å². The van der Waals surface area contributed by atoms with Crippen molar-refractivity contribution in [3.8, 4) is 0 Å². The number of carbonyl (C=O) groups is 1. The molecule has 20 heavy (non-hydrogen) atoms. The van der Waals surface area contributed by atoms with E-state index in [1.165, 1.54) is 25.7 Å². The Bertz CT molecular complexity index is 508. The van der Waals surface area contributed by atoms with E-state index < -0.39 is 0 Å². The van der Waals surface area contributed by atoms with Gasteiger partial charge in [0.15, 0.2) is 0 Å². The van der Waals surface area contributed by atoms with Crippen LogP contribution in [0.5, 0.6) is 0 Å². The second kappa shape index (κ2) is 5.23. The topological polar surface area (TPSA) is 46.9 Å². The van der Waals surface area contributed by atoms with Crippen LogP contribution in [0.1, 0.15) is 44.0 Å². The molecule has 4 atom stereocenters. The van der Waals surface area contributed by atoms with Gasteiger partial charge in [0.1, 0.15) is 6.54 Å². The molecule has 1 aromatic rings. The molecule has 4 unspecified atom stereocenters. The molecule has 1 amide bonds. The summed E-state index contributed by atoms with van der Waals surface area (Å²) < 4.78 is 1.79. The predicted molar refractivity (Wildman–Crippen MR) is 78.2 cm³/mol. The highest BCUT2D eigenvalue weighted by atomic mass is 16.2. The second-order valence-corrected chi connectivity index (χ2v) is 6.78. The maximum absolute atomic E-state index is 12.2. The Morgan fingerprint density at radius 3 is 2.80 bits per heavy atom. The first-order valence-corrected chi connectivity index (χ1v) is 7.83. The largest absolute Gasteiger partial charge is 0.352 e. The molecule has 0 aliphatic heterocycles. The van der Waals surface area contributed by atoms with Gasteiger partial charge in [-0.05, 0) is 63.9 Å². The van der Waals surface area contributed by atoms with Crippen molar-refractivity contribution in [3.63, 3.8) is 0 Å². The summed E-state index contributed by atoms with van der Waals surface area (Å²) in [5.41, 5.74) is 2.02. The highest BCUT2D eigenvalue weighted by molar-refractivity contribution is 5.76. The number of nitrogens with zero attached hydrogens (tertiary/aromatic N) is 2. The molecule has 2 fully saturated rings. The van der Waals surface area contributed by atoms with Gasteiger partial charge in [-0.1, -0.05) is 6.42 Å². The molecule has 1 heterocycles. The fourth-order valence-corrected chi connectivity index (χ4v) is 4.28. The van der Waals surface area contributed by atoms with Gasteiger partial charge in [0.2, 0.25) is 5.91 Å². The average molecular weight is 275 g/mol. The maximum Gasteiger partial charge on any atom is 0.241 e. The van der Waals surface area contributed by atoms with Crippen LogP contribution >= 0.6 is 0 Å². The molecule has 4 nitrogen and oxygen atoms in total. The monoisotopic (exact) mass is 275 g/mol. The lowest BCUT2D eigenvalue weighted by atomic mass is 9.84. The van der Waals surface area contributed by atoms with E-state index in [0.29, 0.717) is 18.5 Å². The molecule has 2 aliphatic carbocycles. The molecule has 2 saturated carbocycles. The van der Waals surface area contributed by atoms with E-state index in [4.69, 9.17) is 0 Å². The molecule has 0 radical (unpaired) electrons. The Balaban J connectivity index is 1.55. The molecule has 4 heteroatoms. The van der Waals surface area contributed by atoms with E-state index >= 15 is 0 Å². The summed E-state index contributed by atoms with van der Waals surface area (Å²) in [4.78, 5) is 12.2. The summed E-state index contributed by atoms with van der Waals surface area (Å²) in [6.45, 7) is 6.46. The van der Waals surface area contributed by atoms with E-state index in [2.05, 4.69) is 17.3 Å². The van der Waals surface area contributed by atoms with Crippen LogP contribution in [0, 0.1) is 31.6 Å². The van der Waals surface area contributed by atoms with Crippen LogP contribution in [-0.4, -0.2) is 21.7 Å². The van der Waals surface area contributed by atoms with Crippen LogP contribution < -0.4 is 5.32 Å². The zero-order valence-corrected chi connectivity index (χ0v) is 12.7. The first-order chi connectivity index (χ1) is 9.52. The van der Waals surface area contributed by atoms with Crippen molar-refractivity contribution >= 4 is 5.91 Å². The van der Waals surface area contributed by atoms with Crippen molar-refractivity contribution in [1.82, 2.24) is 15.1 Å². The fraction of sp³-hybridized carbons (Fsp3) is 0.750. The van der Waals surface area contributed by atoms with Crippen LogP contribution in [0.25, 0.3) is 0 Å². The van der Waals surface area contributed by atoms with Gasteiger partial charge in [-0.25, -0.2) is 0 Å². The zero-order chi connectivity index (χ0) is 14.3.